The Bertz CT molecular complexity index is 1690. The van der Waals surface area contributed by atoms with Gasteiger partial charge in [0.2, 0.25) is 17.7 Å². The first-order chi connectivity index (χ1) is 18.4. The van der Waals surface area contributed by atoms with Gasteiger partial charge in [0.05, 0.1) is 17.7 Å². The second-order valence-corrected chi connectivity index (χ2v) is 9.75. The lowest BCUT2D eigenvalue weighted by Crippen LogP contribution is -2.45. The molecule has 2 aromatic carbocycles. The molecule has 1 aliphatic carbocycles. The number of nitrogens with zero attached hydrogens (tertiary/aromatic N) is 3. The van der Waals surface area contributed by atoms with E-state index in [1.54, 1.807) is 31.2 Å². The van der Waals surface area contributed by atoms with Gasteiger partial charge in [-0.2, -0.15) is 0 Å². The summed E-state index contributed by atoms with van der Waals surface area (Å²) in [6.07, 6.45) is 2.63. The van der Waals surface area contributed by atoms with Crippen LogP contribution in [0.4, 0.5) is 5.69 Å². The minimum absolute atomic E-state index is 0.140. The van der Waals surface area contributed by atoms with Gasteiger partial charge in [-0.3, -0.25) is 29.1 Å². The highest BCUT2D eigenvalue weighted by Crippen LogP contribution is 2.32. The number of carbonyl (C=O) groups excluding carboxylic acids is 3. The number of rotatable bonds is 6. The van der Waals surface area contributed by atoms with E-state index >= 15 is 0 Å². The lowest BCUT2D eigenvalue weighted by Gasteiger charge is -2.24. The zero-order valence-electron chi connectivity index (χ0n) is 20.7. The summed E-state index contributed by atoms with van der Waals surface area (Å²) in [5, 5.41) is 7.04. The molecule has 1 saturated carbocycles. The van der Waals surface area contributed by atoms with Crippen molar-refractivity contribution in [2.45, 2.75) is 38.6 Å². The second-order valence-electron chi connectivity index (χ2n) is 9.75. The summed E-state index contributed by atoms with van der Waals surface area (Å²) >= 11 is 0. The number of aromatic nitrogens is 3. The van der Waals surface area contributed by atoms with E-state index in [0.29, 0.717) is 35.4 Å². The molecule has 0 bridgehead atoms. The van der Waals surface area contributed by atoms with Gasteiger partial charge in [0, 0.05) is 11.8 Å². The summed E-state index contributed by atoms with van der Waals surface area (Å²) in [6.45, 7) is 2.19. The van der Waals surface area contributed by atoms with Gasteiger partial charge in [-0.1, -0.05) is 24.3 Å². The van der Waals surface area contributed by atoms with E-state index in [0.717, 1.165) is 23.6 Å². The van der Waals surface area contributed by atoms with Crippen molar-refractivity contribution in [3.8, 4) is 5.88 Å². The van der Waals surface area contributed by atoms with Crippen molar-refractivity contribution < 1.29 is 19.1 Å². The van der Waals surface area contributed by atoms with Crippen LogP contribution < -0.4 is 20.9 Å². The number of aryl methyl sites for hydroxylation is 1. The first-order valence-electron chi connectivity index (χ1n) is 12.6. The maximum Gasteiger partial charge on any atom is 0.274 e. The highest BCUT2D eigenvalue weighted by Gasteiger charge is 2.31. The van der Waals surface area contributed by atoms with Gasteiger partial charge in [0.1, 0.15) is 23.1 Å². The van der Waals surface area contributed by atoms with E-state index in [9.17, 15) is 19.2 Å². The second kappa shape index (κ2) is 9.37. The third kappa shape index (κ3) is 4.38. The number of amides is 3. The highest BCUT2D eigenvalue weighted by atomic mass is 16.5. The van der Waals surface area contributed by atoms with Gasteiger partial charge >= 0.3 is 0 Å². The standard InChI is InChI=1S/C28H25N5O5/c1-15-29-24-19(28(37)33(15)22-11-12-23(34)32-26(22)36)7-4-8-20(24)30-25(35)21-13-17-5-2-3-6-18(17)27(31-21)38-14-16-9-10-16/h2-8,13,16,22H,9-12,14H2,1H3,(H,30,35)(H,32,34,36). The van der Waals surface area contributed by atoms with Crippen molar-refractivity contribution in [3.63, 3.8) is 0 Å². The summed E-state index contributed by atoms with van der Waals surface area (Å²) < 4.78 is 7.28. The van der Waals surface area contributed by atoms with Crippen LogP contribution in [0.1, 0.15) is 48.0 Å². The average Bonchev–Trinajstić information content (AvgIpc) is 3.73. The molecule has 1 unspecified atom stereocenters. The molecule has 1 saturated heterocycles. The van der Waals surface area contributed by atoms with Gasteiger partial charge in [0.15, 0.2) is 0 Å². The normalized spacial score (nSPS) is 17.4. The molecule has 6 rings (SSSR count). The molecule has 3 heterocycles. The SMILES string of the molecule is Cc1nc2c(NC(=O)c3cc4ccccc4c(OCC4CC4)n3)cccc2c(=O)n1C1CCC(=O)NC1=O. The number of nitrogens with one attached hydrogen (secondary N) is 2. The number of pyridine rings is 1. The number of carbonyl (C=O) groups is 3. The van der Waals surface area contributed by atoms with E-state index < -0.39 is 23.4 Å². The van der Waals surface area contributed by atoms with E-state index in [-0.39, 0.29) is 29.8 Å². The predicted molar refractivity (Wildman–Crippen MR) is 140 cm³/mol. The van der Waals surface area contributed by atoms with Crippen LogP contribution in [-0.4, -0.2) is 38.9 Å². The molecule has 192 valence electrons. The van der Waals surface area contributed by atoms with Crippen LogP contribution in [0.25, 0.3) is 21.7 Å². The third-order valence-electron chi connectivity index (χ3n) is 6.97. The number of anilines is 1. The Hall–Kier alpha value is -4.60. The molecule has 10 heteroatoms. The van der Waals surface area contributed by atoms with Crippen molar-refractivity contribution in [2.24, 2.45) is 5.92 Å². The largest absolute Gasteiger partial charge is 0.477 e. The van der Waals surface area contributed by atoms with Crippen molar-refractivity contribution in [2.75, 3.05) is 11.9 Å². The minimum atomic E-state index is -0.828. The molecule has 38 heavy (non-hydrogen) atoms. The minimum Gasteiger partial charge on any atom is -0.477 e. The Morgan fingerprint density at radius 2 is 1.84 bits per heavy atom. The lowest BCUT2D eigenvalue weighted by atomic mass is 10.1. The third-order valence-corrected chi connectivity index (χ3v) is 6.97. The molecule has 1 atom stereocenters. The zero-order chi connectivity index (χ0) is 26.4. The molecule has 4 aromatic rings. The molecule has 2 N–H and O–H groups in total. The molecule has 10 nitrogen and oxygen atoms in total. The molecule has 2 aliphatic rings. The number of fused-ring (bicyclic) bond motifs is 2. The highest BCUT2D eigenvalue weighted by molar-refractivity contribution is 6.09. The predicted octanol–water partition coefficient (Wildman–Crippen LogP) is 3.27. The zero-order valence-corrected chi connectivity index (χ0v) is 20.7. The monoisotopic (exact) mass is 511 g/mol. The number of hydrogen-bond acceptors (Lipinski definition) is 7. The van der Waals surface area contributed by atoms with Crippen molar-refractivity contribution >= 4 is 45.1 Å². The Balaban J connectivity index is 1.35. The summed E-state index contributed by atoms with van der Waals surface area (Å²) in [6, 6.07) is 13.4. The number of ether oxygens (including phenoxy) is 1. The first kappa shape index (κ1) is 23.8. The van der Waals surface area contributed by atoms with E-state index in [2.05, 4.69) is 20.6 Å². The van der Waals surface area contributed by atoms with E-state index in [1.807, 2.05) is 24.3 Å². The van der Waals surface area contributed by atoms with Crippen LogP contribution in [0.3, 0.4) is 0 Å². The number of para-hydroxylation sites is 1. The van der Waals surface area contributed by atoms with Crippen molar-refractivity contribution in [1.82, 2.24) is 19.9 Å². The number of imide groups is 1. The van der Waals surface area contributed by atoms with E-state index in [4.69, 9.17) is 4.74 Å². The fourth-order valence-electron chi connectivity index (χ4n) is 4.79. The molecule has 0 radical (unpaired) electrons. The van der Waals surface area contributed by atoms with Crippen LogP contribution in [0.15, 0.2) is 53.3 Å². The molecular formula is C28H25N5O5. The summed E-state index contributed by atoms with van der Waals surface area (Å²) in [5.41, 5.74) is 0.411. The summed E-state index contributed by atoms with van der Waals surface area (Å²) in [4.78, 5) is 59.8. The Morgan fingerprint density at radius 3 is 2.63 bits per heavy atom. The quantitative estimate of drug-likeness (QED) is 0.380. The molecule has 3 amide bonds. The van der Waals surface area contributed by atoms with Crippen LogP contribution in [-0.2, 0) is 9.59 Å². The number of piperidine rings is 1. The maximum atomic E-state index is 13.4. The van der Waals surface area contributed by atoms with Gasteiger partial charge in [0.25, 0.3) is 11.5 Å². The lowest BCUT2D eigenvalue weighted by molar-refractivity contribution is -0.135. The van der Waals surface area contributed by atoms with Crippen LogP contribution in [0.2, 0.25) is 0 Å². The average molecular weight is 512 g/mol. The number of benzene rings is 2. The Morgan fingerprint density at radius 1 is 1.05 bits per heavy atom. The fourth-order valence-corrected chi connectivity index (χ4v) is 4.79. The van der Waals surface area contributed by atoms with Gasteiger partial charge < -0.3 is 10.1 Å². The molecule has 1 aliphatic heterocycles. The Labute approximate surface area is 217 Å². The van der Waals surface area contributed by atoms with Gasteiger partial charge in [-0.25, -0.2) is 9.97 Å². The van der Waals surface area contributed by atoms with Gasteiger partial charge in [-0.05, 0) is 61.8 Å². The van der Waals surface area contributed by atoms with Crippen molar-refractivity contribution in [1.29, 1.82) is 0 Å². The van der Waals surface area contributed by atoms with Crippen LogP contribution in [0.5, 0.6) is 5.88 Å². The van der Waals surface area contributed by atoms with E-state index in [1.165, 1.54) is 4.57 Å². The number of hydrogen-bond donors (Lipinski definition) is 2. The fraction of sp³-hybridized carbons (Fsp3) is 0.286. The smallest absolute Gasteiger partial charge is 0.274 e. The topological polar surface area (TPSA) is 132 Å². The van der Waals surface area contributed by atoms with Crippen molar-refractivity contribution in [3.05, 3.63) is 70.4 Å². The molecular weight excluding hydrogens is 486 g/mol. The molecule has 2 aromatic heterocycles. The summed E-state index contributed by atoms with van der Waals surface area (Å²) in [7, 11) is 0. The Kier molecular flexibility index (Phi) is 5.86. The van der Waals surface area contributed by atoms with Crippen LogP contribution >= 0.6 is 0 Å². The first-order valence-corrected chi connectivity index (χ1v) is 12.6. The summed E-state index contributed by atoms with van der Waals surface area (Å²) in [5.74, 6) is -0.105. The molecule has 2 fully saturated rings. The van der Waals surface area contributed by atoms with Gasteiger partial charge in [-0.15, -0.1) is 0 Å². The van der Waals surface area contributed by atoms with Crippen LogP contribution in [0, 0.1) is 12.8 Å². The molecule has 0 spiro atoms. The maximum absolute atomic E-state index is 13.4.